The van der Waals surface area contributed by atoms with Gasteiger partial charge in [-0.15, -0.1) is 0 Å². The third-order valence-corrected chi connectivity index (χ3v) is 1.94. The molecule has 0 saturated carbocycles. The van der Waals surface area contributed by atoms with E-state index in [1.54, 1.807) is 0 Å². The van der Waals surface area contributed by atoms with E-state index in [2.05, 4.69) is 0 Å². The van der Waals surface area contributed by atoms with Crippen molar-refractivity contribution in [3.8, 4) is 0 Å². The van der Waals surface area contributed by atoms with Gasteiger partial charge in [0, 0.05) is 5.39 Å². The molecule has 0 aliphatic carbocycles. The maximum absolute atomic E-state index is 7.55. The molecule has 0 unspecified atom stereocenters. The summed E-state index contributed by atoms with van der Waals surface area (Å²) < 4.78 is 10.5. The fraction of sp³-hybridized carbons (Fsp3) is 0.182. The highest BCUT2D eigenvalue weighted by molar-refractivity contribution is 5.94. The molecule has 2 aromatic rings. The van der Waals surface area contributed by atoms with E-state index in [1.807, 2.05) is 37.3 Å². The summed E-state index contributed by atoms with van der Waals surface area (Å²) in [6.45, 7) is 2.33. The Hall–Kier alpha value is -1.77. The Kier molecular flexibility index (Phi) is 2.23. The van der Waals surface area contributed by atoms with Crippen LogP contribution in [0.15, 0.2) is 34.7 Å². The predicted octanol–water partition coefficient (Wildman–Crippen LogP) is 2.79. The second kappa shape index (κ2) is 3.54. The van der Waals surface area contributed by atoms with Crippen LogP contribution in [0.2, 0.25) is 0 Å². The second-order valence-corrected chi connectivity index (χ2v) is 2.91. The minimum Gasteiger partial charge on any atom is -0.476 e. The molecule has 0 amide bonds. The quantitative estimate of drug-likeness (QED) is 0.583. The third-order valence-electron chi connectivity index (χ3n) is 1.94. The summed E-state index contributed by atoms with van der Waals surface area (Å²) in [5.41, 5.74) is 0.784. The summed E-state index contributed by atoms with van der Waals surface area (Å²) >= 11 is 0. The first-order chi connectivity index (χ1) is 6.81. The highest BCUT2D eigenvalue weighted by atomic mass is 16.5. The lowest BCUT2D eigenvalue weighted by Gasteiger charge is -1.99. The van der Waals surface area contributed by atoms with Gasteiger partial charge in [-0.3, -0.25) is 5.41 Å². The highest BCUT2D eigenvalue weighted by Crippen LogP contribution is 2.19. The average molecular weight is 189 g/mol. The number of nitrogens with one attached hydrogen (secondary N) is 1. The molecule has 0 saturated heterocycles. The van der Waals surface area contributed by atoms with Crippen molar-refractivity contribution in [1.82, 2.24) is 0 Å². The van der Waals surface area contributed by atoms with Crippen molar-refractivity contribution in [2.75, 3.05) is 6.61 Å². The van der Waals surface area contributed by atoms with Crippen LogP contribution in [0, 0.1) is 5.41 Å². The van der Waals surface area contributed by atoms with E-state index in [4.69, 9.17) is 14.6 Å². The lowest BCUT2D eigenvalue weighted by molar-refractivity contribution is 0.317. The van der Waals surface area contributed by atoms with E-state index in [1.165, 1.54) is 0 Å². The average Bonchev–Trinajstić information content (AvgIpc) is 2.61. The topological polar surface area (TPSA) is 46.2 Å². The summed E-state index contributed by atoms with van der Waals surface area (Å²) in [7, 11) is 0. The monoisotopic (exact) mass is 189 g/mol. The Morgan fingerprint density at radius 1 is 1.43 bits per heavy atom. The van der Waals surface area contributed by atoms with Crippen molar-refractivity contribution in [1.29, 1.82) is 5.41 Å². The van der Waals surface area contributed by atoms with Crippen molar-refractivity contribution < 1.29 is 9.15 Å². The molecule has 3 nitrogen and oxygen atoms in total. The fourth-order valence-corrected chi connectivity index (χ4v) is 1.31. The molecule has 0 aliphatic heterocycles. The van der Waals surface area contributed by atoms with Crippen molar-refractivity contribution in [2.24, 2.45) is 0 Å². The van der Waals surface area contributed by atoms with Crippen molar-refractivity contribution in [3.63, 3.8) is 0 Å². The molecule has 0 bridgehead atoms. The number of ether oxygens (including phenoxy) is 1. The van der Waals surface area contributed by atoms with Crippen LogP contribution < -0.4 is 0 Å². The number of hydrogen-bond acceptors (Lipinski definition) is 3. The zero-order valence-electron chi connectivity index (χ0n) is 7.91. The molecule has 0 spiro atoms. The zero-order valence-corrected chi connectivity index (χ0v) is 7.91. The standard InChI is InChI=1S/C11H11NO2/c1-2-13-11(12)10-7-8-5-3-4-6-9(8)14-10/h3-7,12H,2H2,1H3. The Labute approximate surface area is 81.8 Å². The summed E-state index contributed by atoms with van der Waals surface area (Å²) in [5, 5.41) is 8.54. The van der Waals surface area contributed by atoms with E-state index in [-0.39, 0.29) is 5.90 Å². The van der Waals surface area contributed by atoms with Crippen LogP contribution in [0.4, 0.5) is 0 Å². The Bertz CT molecular complexity index is 426. The summed E-state index contributed by atoms with van der Waals surface area (Å²) in [6.07, 6.45) is 0. The van der Waals surface area contributed by atoms with Crippen LogP contribution in [0.1, 0.15) is 12.7 Å². The lowest BCUT2D eigenvalue weighted by Crippen LogP contribution is -2.02. The largest absolute Gasteiger partial charge is 0.476 e. The van der Waals surface area contributed by atoms with Gasteiger partial charge in [-0.2, -0.15) is 0 Å². The molecule has 1 aromatic heterocycles. The molecule has 72 valence electrons. The number of hydrogen-bond donors (Lipinski definition) is 1. The number of benzene rings is 1. The minimum atomic E-state index is 0.0868. The molecule has 3 heteroatoms. The van der Waals surface area contributed by atoms with Gasteiger partial charge in [0.25, 0.3) is 0 Å². The minimum absolute atomic E-state index is 0.0868. The van der Waals surface area contributed by atoms with Gasteiger partial charge in [0.15, 0.2) is 5.76 Å². The molecule has 0 fully saturated rings. The number of furan rings is 1. The van der Waals surface area contributed by atoms with Crippen molar-refractivity contribution >= 4 is 16.9 Å². The van der Waals surface area contributed by atoms with E-state index in [0.717, 1.165) is 11.0 Å². The van der Waals surface area contributed by atoms with Gasteiger partial charge in [0.1, 0.15) is 5.58 Å². The van der Waals surface area contributed by atoms with Crippen LogP contribution in [0.5, 0.6) is 0 Å². The molecule has 0 aliphatic rings. The van der Waals surface area contributed by atoms with E-state index < -0.39 is 0 Å². The van der Waals surface area contributed by atoms with Gasteiger partial charge in [-0.1, -0.05) is 18.2 Å². The number of fused-ring (bicyclic) bond motifs is 1. The van der Waals surface area contributed by atoms with Crippen LogP contribution in [0.25, 0.3) is 11.0 Å². The smallest absolute Gasteiger partial charge is 0.250 e. The van der Waals surface area contributed by atoms with Gasteiger partial charge in [0.2, 0.25) is 5.90 Å². The van der Waals surface area contributed by atoms with Gasteiger partial charge in [-0.25, -0.2) is 0 Å². The normalized spacial score (nSPS) is 10.4. The number of rotatable bonds is 2. The SMILES string of the molecule is CCOC(=N)c1cc2ccccc2o1. The first kappa shape index (κ1) is 8.81. The van der Waals surface area contributed by atoms with E-state index in [9.17, 15) is 0 Å². The highest BCUT2D eigenvalue weighted by Gasteiger charge is 2.08. The first-order valence-electron chi connectivity index (χ1n) is 4.51. The van der Waals surface area contributed by atoms with Gasteiger partial charge >= 0.3 is 0 Å². The summed E-state index contributed by atoms with van der Waals surface area (Å²) in [6, 6.07) is 9.47. The molecule has 1 aromatic carbocycles. The van der Waals surface area contributed by atoms with Crippen LogP contribution >= 0.6 is 0 Å². The van der Waals surface area contributed by atoms with Gasteiger partial charge in [0.05, 0.1) is 6.61 Å². The molecule has 14 heavy (non-hydrogen) atoms. The lowest BCUT2D eigenvalue weighted by atomic mass is 10.2. The number of para-hydroxylation sites is 1. The second-order valence-electron chi connectivity index (χ2n) is 2.91. The van der Waals surface area contributed by atoms with E-state index >= 15 is 0 Å². The molecular formula is C11H11NO2. The van der Waals surface area contributed by atoms with Gasteiger partial charge in [-0.05, 0) is 19.1 Å². The van der Waals surface area contributed by atoms with E-state index in [0.29, 0.717) is 12.4 Å². The summed E-state index contributed by atoms with van der Waals surface area (Å²) in [4.78, 5) is 0. The fourth-order valence-electron chi connectivity index (χ4n) is 1.31. The zero-order chi connectivity index (χ0) is 9.97. The maximum Gasteiger partial charge on any atom is 0.250 e. The molecule has 1 heterocycles. The van der Waals surface area contributed by atoms with Crippen molar-refractivity contribution in [3.05, 3.63) is 36.1 Å². The Balaban J connectivity index is 2.40. The Morgan fingerprint density at radius 3 is 2.93 bits per heavy atom. The Morgan fingerprint density at radius 2 is 2.21 bits per heavy atom. The van der Waals surface area contributed by atoms with Crippen LogP contribution in [-0.2, 0) is 4.74 Å². The molecule has 0 atom stereocenters. The van der Waals surface area contributed by atoms with Crippen LogP contribution in [-0.4, -0.2) is 12.5 Å². The van der Waals surface area contributed by atoms with Crippen LogP contribution in [0.3, 0.4) is 0 Å². The first-order valence-corrected chi connectivity index (χ1v) is 4.51. The van der Waals surface area contributed by atoms with Crippen molar-refractivity contribution in [2.45, 2.75) is 6.92 Å². The molecule has 2 rings (SSSR count). The molecule has 1 N–H and O–H groups in total. The predicted molar refractivity (Wildman–Crippen MR) is 54.7 cm³/mol. The molecular weight excluding hydrogens is 178 g/mol. The summed E-state index contributed by atoms with van der Waals surface area (Å²) in [5.74, 6) is 0.566. The van der Waals surface area contributed by atoms with Gasteiger partial charge < -0.3 is 9.15 Å². The third kappa shape index (κ3) is 1.48. The maximum atomic E-state index is 7.55. The molecule has 0 radical (unpaired) electrons.